The van der Waals surface area contributed by atoms with Crippen LogP contribution in [0.4, 0.5) is 0 Å². The summed E-state index contributed by atoms with van der Waals surface area (Å²) in [6.45, 7) is 7.23. The van der Waals surface area contributed by atoms with Crippen molar-refractivity contribution in [3.05, 3.63) is 66.2 Å². The molecule has 0 aromatic heterocycles. The Hall–Kier alpha value is -2.61. The molecule has 3 rings (SSSR count). The minimum Gasteiger partial charge on any atom is -0.423 e. The van der Waals surface area contributed by atoms with Gasteiger partial charge in [-0.2, -0.15) is 0 Å². The van der Waals surface area contributed by atoms with Crippen molar-refractivity contribution in [1.29, 1.82) is 0 Å². The van der Waals surface area contributed by atoms with Gasteiger partial charge in [-0.25, -0.2) is 4.79 Å². The van der Waals surface area contributed by atoms with Gasteiger partial charge in [-0.15, -0.1) is 0 Å². The van der Waals surface area contributed by atoms with Crippen LogP contribution in [0.25, 0.3) is 21.5 Å². The molecule has 2 heteroatoms. The maximum atomic E-state index is 11.7. The van der Waals surface area contributed by atoms with Gasteiger partial charge in [0.2, 0.25) is 0 Å². The third kappa shape index (κ3) is 2.40. The molecule has 0 saturated carbocycles. The summed E-state index contributed by atoms with van der Waals surface area (Å²) in [5.41, 5.74) is 1.36. The summed E-state index contributed by atoms with van der Waals surface area (Å²) in [4.78, 5) is 11.7. The van der Waals surface area contributed by atoms with E-state index in [0.717, 1.165) is 16.3 Å². The van der Waals surface area contributed by atoms with E-state index in [4.69, 9.17) is 4.74 Å². The second-order valence-corrected chi connectivity index (χ2v) is 5.28. The molecule has 0 atom stereocenters. The zero-order valence-corrected chi connectivity index (χ0v) is 12.1. The van der Waals surface area contributed by atoms with Crippen LogP contribution in [0.2, 0.25) is 0 Å². The molecule has 21 heavy (non-hydrogen) atoms. The molecule has 0 fully saturated rings. The quantitative estimate of drug-likeness (QED) is 0.291. The zero-order chi connectivity index (χ0) is 15.0. The first-order chi connectivity index (χ1) is 10.1. The van der Waals surface area contributed by atoms with Gasteiger partial charge in [0, 0.05) is 5.57 Å². The molecule has 0 aliphatic heterocycles. The molecule has 104 valence electrons. The minimum absolute atomic E-state index is 0.391. The first-order valence-corrected chi connectivity index (χ1v) is 6.86. The number of hydrogen-bond donors (Lipinski definition) is 0. The Balaban J connectivity index is 2.17. The van der Waals surface area contributed by atoms with E-state index >= 15 is 0 Å². The summed E-state index contributed by atoms with van der Waals surface area (Å²) in [7, 11) is 0. The molecule has 3 aromatic carbocycles. The lowest BCUT2D eigenvalue weighted by molar-refractivity contribution is -0.130. The molecule has 0 bridgehead atoms. The predicted octanol–water partition coefficient (Wildman–Crippen LogP) is 4.78. The molecule has 0 amide bonds. The van der Waals surface area contributed by atoms with Crippen molar-refractivity contribution in [2.24, 2.45) is 0 Å². The molecule has 0 aliphatic rings. The van der Waals surface area contributed by atoms with Crippen molar-refractivity contribution in [3.63, 3.8) is 0 Å². The maximum Gasteiger partial charge on any atom is 0.338 e. The number of esters is 1. The standard InChI is InChI=1S/C19H16O2/c1-12(2)19(20)21-18-9-8-16-10-14-6-4-5-7-15(14)11-17(16)13(18)3/h4-11H,1H2,2-3H3. The van der Waals surface area contributed by atoms with Gasteiger partial charge in [-0.1, -0.05) is 36.9 Å². The van der Waals surface area contributed by atoms with E-state index in [2.05, 4.69) is 30.8 Å². The minimum atomic E-state index is -0.391. The number of hydrogen-bond acceptors (Lipinski definition) is 2. The average Bonchev–Trinajstić information content (AvgIpc) is 2.48. The van der Waals surface area contributed by atoms with Crippen molar-refractivity contribution in [1.82, 2.24) is 0 Å². The fraction of sp³-hybridized carbons (Fsp3) is 0.105. The van der Waals surface area contributed by atoms with Crippen LogP contribution in [0.15, 0.2) is 60.7 Å². The Morgan fingerprint density at radius 1 is 1.00 bits per heavy atom. The monoisotopic (exact) mass is 276 g/mol. The van der Waals surface area contributed by atoms with Crippen LogP contribution in [0, 0.1) is 6.92 Å². The Morgan fingerprint density at radius 3 is 2.33 bits per heavy atom. The van der Waals surface area contributed by atoms with Crippen LogP contribution in [0.1, 0.15) is 12.5 Å². The molecule has 0 radical (unpaired) electrons. The Morgan fingerprint density at radius 2 is 1.67 bits per heavy atom. The Bertz CT molecular complexity index is 875. The second kappa shape index (κ2) is 5.06. The molecule has 0 aliphatic carbocycles. The van der Waals surface area contributed by atoms with Gasteiger partial charge < -0.3 is 4.74 Å². The van der Waals surface area contributed by atoms with E-state index in [1.54, 1.807) is 6.92 Å². The topological polar surface area (TPSA) is 26.3 Å². The largest absolute Gasteiger partial charge is 0.423 e. The Kier molecular flexibility index (Phi) is 3.22. The van der Waals surface area contributed by atoms with Gasteiger partial charge >= 0.3 is 5.97 Å². The van der Waals surface area contributed by atoms with Crippen molar-refractivity contribution in [2.75, 3.05) is 0 Å². The fourth-order valence-electron chi connectivity index (χ4n) is 2.44. The molecule has 0 heterocycles. The van der Waals surface area contributed by atoms with Crippen LogP contribution in [-0.4, -0.2) is 5.97 Å². The van der Waals surface area contributed by atoms with Crippen LogP contribution in [-0.2, 0) is 4.79 Å². The van der Waals surface area contributed by atoms with E-state index in [1.807, 2.05) is 31.2 Å². The van der Waals surface area contributed by atoms with Crippen LogP contribution in [0.3, 0.4) is 0 Å². The van der Waals surface area contributed by atoms with Gasteiger partial charge in [0.25, 0.3) is 0 Å². The average molecular weight is 276 g/mol. The zero-order valence-electron chi connectivity index (χ0n) is 12.1. The van der Waals surface area contributed by atoms with Crippen LogP contribution < -0.4 is 4.74 Å². The van der Waals surface area contributed by atoms with Crippen molar-refractivity contribution < 1.29 is 9.53 Å². The number of ether oxygens (including phenoxy) is 1. The normalized spacial score (nSPS) is 10.8. The predicted molar refractivity (Wildman–Crippen MR) is 86.6 cm³/mol. The number of carbonyl (C=O) groups is 1. The highest BCUT2D eigenvalue weighted by atomic mass is 16.5. The highest BCUT2D eigenvalue weighted by molar-refractivity contribution is 6.00. The van der Waals surface area contributed by atoms with Crippen molar-refractivity contribution in [2.45, 2.75) is 13.8 Å². The highest BCUT2D eigenvalue weighted by Crippen LogP contribution is 2.31. The summed E-state index contributed by atoms with van der Waals surface area (Å²) in [5, 5.41) is 4.62. The lowest BCUT2D eigenvalue weighted by Gasteiger charge is -2.11. The number of carbonyl (C=O) groups excluding carboxylic acids is 1. The van der Waals surface area contributed by atoms with E-state index in [-0.39, 0.29) is 0 Å². The van der Waals surface area contributed by atoms with E-state index in [1.165, 1.54) is 10.8 Å². The van der Waals surface area contributed by atoms with E-state index < -0.39 is 5.97 Å². The molecule has 0 saturated heterocycles. The lowest BCUT2D eigenvalue weighted by atomic mass is 10.00. The SMILES string of the molecule is C=C(C)C(=O)Oc1ccc2cc3ccccc3cc2c1C. The summed E-state index contributed by atoms with van der Waals surface area (Å²) in [5.74, 6) is 0.198. The smallest absolute Gasteiger partial charge is 0.338 e. The number of rotatable bonds is 2. The first-order valence-electron chi connectivity index (χ1n) is 6.86. The second-order valence-electron chi connectivity index (χ2n) is 5.28. The van der Waals surface area contributed by atoms with E-state index in [9.17, 15) is 4.79 Å². The van der Waals surface area contributed by atoms with Gasteiger partial charge in [0.15, 0.2) is 0 Å². The van der Waals surface area contributed by atoms with Gasteiger partial charge in [0.1, 0.15) is 5.75 Å². The highest BCUT2D eigenvalue weighted by Gasteiger charge is 2.10. The first kappa shape index (κ1) is 13.4. The number of fused-ring (bicyclic) bond motifs is 2. The third-order valence-electron chi connectivity index (χ3n) is 3.66. The van der Waals surface area contributed by atoms with Crippen LogP contribution >= 0.6 is 0 Å². The van der Waals surface area contributed by atoms with Crippen molar-refractivity contribution in [3.8, 4) is 5.75 Å². The summed E-state index contributed by atoms with van der Waals surface area (Å²) < 4.78 is 5.39. The third-order valence-corrected chi connectivity index (χ3v) is 3.66. The van der Waals surface area contributed by atoms with Crippen molar-refractivity contribution >= 4 is 27.5 Å². The molecule has 0 N–H and O–H groups in total. The fourth-order valence-corrected chi connectivity index (χ4v) is 2.44. The Labute approximate surface area is 123 Å². The van der Waals surface area contributed by atoms with Gasteiger partial charge in [-0.3, -0.25) is 0 Å². The van der Waals surface area contributed by atoms with Gasteiger partial charge in [0.05, 0.1) is 0 Å². The number of benzene rings is 3. The summed E-state index contributed by atoms with van der Waals surface area (Å²) >= 11 is 0. The molecule has 0 unspecified atom stereocenters. The lowest BCUT2D eigenvalue weighted by Crippen LogP contribution is -2.09. The summed E-state index contributed by atoms with van der Waals surface area (Å²) in [6, 6.07) is 16.3. The molecular formula is C19H16O2. The molecule has 3 aromatic rings. The molecule has 0 spiro atoms. The maximum absolute atomic E-state index is 11.7. The number of aryl methyl sites for hydroxylation is 1. The molecule has 2 nitrogen and oxygen atoms in total. The summed E-state index contributed by atoms with van der Waals surface area (Å²) in [6.07, 6.45) is 0. The molecular weight excluding hydrogens is 260 g/mol. The van der Waals surface area contributed by atoms with E-state index in [0.29, 0.717) is 11.3 Å². The van der Waals surface area contributed by atoms with Crippen LogP contribution in [0.5, 0.6) is 5.75 Å². The van der Waals surface area contributed by atoms with Gasteiger partial charge in [-0.05, 0) is 59.2 Å².